The summed E-state index contributed by atoms with van der Waals surface area (Å²) in [6.07, 6.45) is 2.21. The lowest BCUT2D eigenvalue weighted by atomic mass is 9.83. The SMILES string of the molecule is CC(C)OCCCN1C(=O)C(O)=C(C(=O)C(C)(C)C)C1c1ccco1. The second-order valence-electron chi connectivity index (χ2n) is 7.53. The molecule has 0 aromatic carbocycles. The molecule has 0 radical (unpaired) electrons. The summed E-state index contributed by atoms with van der Waals surface area (Å²) in [6.45, 7) is 10.0. The molecule has 25 heavy (non-hydrogen) atoms. The Morgan fingerprint density at radius 1 is 1.40 bits per heavy atom. The average molecular weight is 349 g/mol. The predicted molar refractivity (Wildman–Crippen MR) is 93.0 cm³/mol. The number of carbonyl (C=O) groups excluding carboxylic acids is 2. The highest BCUT2D eigenvalue weighted by Crippen LogP contribution is 2.40. The van der Waals surface area contributed by atoms with Gasteiger partial charge in [-0.15, -0.1) is 0 Å². The van der Waals surface area contributed by atoms with Crippen LogP contribution in [0.3, 0.4) is 0 Å². The molecule has 0 fully saturated rings. The molecule has 1 amide bonds. The number of ketones is 1. The first-order valence-electron chi connectivity index (χ1n) is 8.58. The molecular weight excluding hydrogens is 322 g/mol. The van der Waals surface area contributed by atoms with Crippen molar-refractivity contribution < 1.29 is 23.8 Å². The van der Waals surface area contributed by atoms with Gasteiger partial charge < -0.3 is 19.2 Å². The molecule has 6 heteroatoms. The van der Waals surface area contributed by atoms with Crippen molar-refractivity contribution in [3.63, 3.8) is 0 Å². The van der Waals surface area contributed by atoms with E-state index in [1.165, 1.54) is 11.2 Å². The first-order chi connectivity index (χ1) is 11.6. The molecule has 1 aromatic rings. The van der Waals surface area contributed by atoms with E-state index in [2.05, 4.69) is 0 Å². The number of carbonyl (C=O) groups is 2. The van der Waals surface area contributed by atoms with Crippen LogP contribution in [0.2, 0.25) is 0 Å². The molecule has 1 aliphatic rings. The highest BCUT2D eigenvalue weighted by atomic mass is 16.5. The van der Waals surface area contributed by atoms with Crippen molar-refractivity contribution in [2.24, 2.45) is 5.41 Å². The predicted octanol–water partition coefficient (Wildman–Crippen LogP) is 3.41. The van der Waals surface area contributed by atoms with E-state index in [4.69, 9.17) is 9.15 Å². The van der Waals surface area contributed by atoms with Crippen molar-refractivity contribution in [1.29, 1.82) is 0 Å². The minimum absolute atomic E-state index is 0.109. The highest BCUT2D eigenvalue weighted by molar-refractivity contribution is 6.10. The summed E-state index contributed by atoms with van der Waals surface area (Å²) in [7, 11) is 0. The Morgan fingerprint density at radius 3 is 2.60 bits per heavy atom. The van der Waals surface area contributed by atoms with E-state index in [-0.39, 0.29) is 17.5 Å². The van der Waals surface area contributed by atoms with Crippen LogP contribution in [0.25, 0.3) is 0 Å². The third-order valence-corrected chi connectivity index (χ3v) is 4.04. The van der Waals surface area contributed by atoms with Crippen LogP contribution < -0.4 is 0 Å². The van der Waals surface area contributed by atoms with Crippen LogP contribution in [0.15, 0.2) is 34.1 Å². The monoisotopic (exact) mass is 349 g/mol. The Morgan fingerprint density at radius 2 is 2.08 bits per heavy atom. The lowest BCUT2D eigenvalue weighted by Gasteiger charge is -2.27. The Bertz CT molecular complexity index is 652. The van der Waals surface area contributed by atoms with Gasteiger partial charge in [-0.25, -0.2) is 0 Å². The van der Waals surface area contributed by atoms with Gasteiger partial charge >= 0.3 is 0 Å². The summed E-state index contributed by atoms with van der Waals surface area (Å²) in [5.74, 6) is -0.819. The van der Waals surface area contributed by atoms with Crippen molar-refractivity contribution in [2.45, 2.75) is 53.2 Å². The number of amides is 1. The lowest BCUT2D eigenvalue weighted by Crippen LogP contribution is -2.34. The van der Waals surface area contributed by atoms with Gasteiger partial charge in [0.25, 0.3) is 5.91 Å². The average Bonchev–Trinajstić information content (AvgIpc) is 3.11. The number of nitrogens with zero attached hydrogens (tertiary/aromatic N) is 1. The van der Waals surface area contributed by atoms with Gasteiger partial charge in [0.05, 0.1) is 17.9 Å². The second-order valence-corrected chi connectivity index (χ2v) is 7.53. The number of hydrogen-bond acceptors (Lipinski definition) is 5. The summed E-state index contributed by atoms with van der Waals surface area (Å²) in [4.78, 5) is 26.9. The van der Waals surface area contributed by atoms with Gasteiger partial charge in [0.1, 0.15) is 11.8 Å². The van der Waals surface area contributed by atoms with Gasteiger partial charge in [0.2, 0.25) is 0 Å². The molecule has 0 spiro atoms. The number of furan rings is 1. The molecule has 1 aromatic heterocycles. The van der Waals surface area contributed by atoms with E-state index in [1.54, 1.807) is 32.9 Å². The van der Waals surface area contributed by atoms with Crippen LogP contribution in [0.1, 0.15) is 52.8 Å². The second kappa shape index (κ2) is 7.44. The number of ether oxygens (including phenoxy) is 1. The zero-order chi connectivity index (χ0) is 18.8. The fourth-order valence-electron chi connectivity index (χ4n) is 2.82. The normalized spacial score (nSPS) is 18.6. The van der Waals surface area contributed by atoms with Crippen LogP contribution in [0.4, 0.5) is 0 Å². The number of rotatable bonds is 7. The standard InChI is InChI=1S/C19H27NO5/c1-12(2)24-11-7-9-20-15(13-8-6-10-25-13)14(16(21)18(20)23)17(22)19(3,4)5/h6,8,10,12,15,21H,7,9,11H2,1-5H3. The Hall–Kier alpha value is -2.08. The van der Waals surface area contributed by atoms with Gasteiger partial charge in [0, 0.05) is 18.6 Å². The molecule has 0 saturated carbocycles. The van der Waals surface area contributed by atoms with Gasteiger partial charge in [0.15, 0.2) is 11.5 Å². The molecule has 0 bridgehead atoms. The molecule has 1 unspecified atom stereocenters. The molecule has 6 nitrogen and oxygen atoms in total. The molecule has 1 atom stereocenters. The van der Waals surface area contributed by atoms with Crippen LogP contribution >= 0.6 is 0 Å². The number of aliphatic hydroxyl groups is 1. The maximum Gasteiger partial charge on any atom is 0.290 e. The minimum Gasteiger partial charge on any atom is -0.503 e. The molecule has 2 rings (SSSR count). The van der Waals surface area contributed by atoms with E-state index < -0.39 is 23.1 Å². The van der Waals surface area contributed by atoms with Gasteiger partial charge in [-0.1, -0.05) is 20.8 Å². The van der Waals surface area contributed by atoms with Crippen molar-refractivity contribution in [3.8, 4) is 0 Å². The quantitative estimate of drug-likeness (QED) is 0.763. The zero-order valence-electron chi connectivity index (χ0n) is 15.5. The summed E-state index contributed by atoms with van der Waals surface area (Å²) < 4.78 is 11.0. The van der Waals surface area contributed by atoms with E-state index in [1.807, 2.05) is 13.8 Å². The largest absolute Gasteiger partial charge is 0.503 e. The highest BCUT2D eigenvalue weighted by Gasteiger charge is 2.46. The topological polar surface area (TPSA) is 80.0 Å². The summed E-state index contributed by atoms with van der Waals surface area (Å²) >= 11 is 0. The molecule has 1 N–H and O–H groups in total. The van der Waals surface area contributed by atoms with Crippen LogP contribution in [0, 0.1) is 5.41 Å². The van der Waals surface area contributed by atoms with E-state index in [0.29, 0.717) is 25.3 Å². The Balaban J connectivity index is 2.29. The first kappa shape index (κ1) is 19.2. The lowest BCUT2D eigenvalue weighted by molar-refractivity contribution is -0.129. The van der Waals surface area contributed by atoms with Crippen molar-refractivity contribution >= 4 is 11.7 Å². The maximum absolute atomic E-state index is 12.8. The van der Waals surface area contributed by atoms with Gasteiger partial charge in [-0.05, 0) is 32.4 Å². The van der Waals surface area contributed by atoms with E-state index in [9.17, 15) is 14.7 Å². The van der Waals surface area contributed by atoms with Crippen LogP contribution in [-0.2, 0) is 14.3 Å². The molecular formula is C19H27NO5. The van der Waals surface area contributed by atoms with Gasteiger partial charge in [-0.3, -0.25) is 9.59 Å². The molecule has 2 heterocycles. The third kappa shape index (κ3) is 4.12. The smallest absolute Gasteiger partial charge is 0.290 e. The fraction of sp³-hybridized carbons (Fsp3) is 0.579. The molecule has 0 aliphatic carbocycles. The minimum atomic E-state index is -0.717. The number of hydrogen-bond donors (Lipinski definition) is 1. The number of Topliss-reactive ketones (excluding diaryl/α,β-unsaturated/α-hetero) is 1. The molecule has 1 aliphatic heterocycles. The summed E-state index contributed by atoms with van der Waals surface area (Å²) in [5.41, 5.74) is -0.609. The number of aliphatic hydroxyl groups excluding tert-OH is 1. The fourth-order valence-corrected chi connectivity index (χ4v) is 2.82. The van der Waals surface area contributed by atoms with E-state index >= 15 is 0 Å². The zero-order valence-corrected chi connectivity index (χ0v) is 15.5. The van der Waals surface area contributed by atoms with Crippen LogP contribution in [-0.4, -0.2) is 41.0 Å². The van der Waals surface area contributed by atoms with Crippen LogP contribution in [0.5, 0.6) is 0 Å². The van der Waals surface area contributed by atoms with Gasteiger partial charge in [-0.2, -0.15) is 0 Å². The summed E-state index contributed by atoms with van der Waals surface area (Å²) in [6, 6.07) is 2.71. The Labute approximate surface area is 148 Å². The molecule has 0 saturated heterocycles. The first-order valence-corrected chi connectivity index (χ1v) is 8.58. The maximum atomic E-state index is 12.8. The third-order valence-electron chi connectivity index (χ3n) is 4.04. The van der Waals surface area contributed by atoms with E-state index in [0.717, 1.165) is 0 Å². The molecule has 138 valence electrons. The van der Waals surface area contributed by atoms with Crippen molar-refractivity contribution in [1.82, 2.24) is 4.90 Å². The van der Waals surface area contributed by atoms with Crippen molar-refractivity contribution in [3.05, 3.63) is 35.5 Å². The van der Waals surface area contributed by atoms with Crippen molar-refractivity contribution in [2.75, 3.05) is 13.2 Å². The Kier molecular flexibility index (Phi) is 5.72. The summed E-state index contributed by atoms with van der Waals surface area (Å²) in [5, 5.41) is 10.4.